The van der Waals surface area contributed by atoms with Gasteiger partial charge in [-0.25, -0.2) is 0 Å². The molecule has 0 aromatic carbocycles. The number of hydrogen-bond acceptors (Lipinski definition) is 2. The quantitative estimate of drug-likeness (QED) is 0.836. The molecule has 2 heteroatoms. The number of rotatable bonds is 2. The third-order valence-electron chi connectivity index (χ3n) is 4.73. The van der Waals surface area contributed by atoms with Gasteiger partial charge < -0.3 is 5.73 Å². The highest BCUT2D eigenvalue weighted by molar-refractivity contribution is 7.10. The summed E-state index contributed by atoms with van der Waals surface area (Å²) < 4.78 is 0. The zero-order chi connectivity index (χ0) is 11.3. The summed E-state index contributed by atoms with van der Waals surface area (Å²) in [5, 5.41) is 2.43. The van der Waals surface area contributed by atoms with Crippen LogP contribution in [0.25, 0.3) is 0 Å². The maximum atomic E-state index is 5.89. The van der Waals surface area contributed by atoms with E-state index in [1.807, 2.05) is 11.3 Å². The summed E-state index contributed by atoms with van der Waals surface area (Å²) in [6.45, 7) is 5.60. The fraction of sp³-hybridized carbons (Fsp3) is 0.714. The zero-order valence-corrected chi connectivity index (χ0v) is 11.1. The smallest absolute Gasteiger partial charge is 0.00801 e. The van der Waals surface area contributed by atoms with E-state index in [4.69, 9.17) is 5.73 Å². The van der Waals surface area contributed by atoms with Crippen molar-refractivity contribution in [2.45, 2.75) is 45.4 Å². The molecule has 0 aliphatic heterocycles. The average molecular weight is 235 g/mol. The van der Waals surface area contributed by atoms with Crippen molar-refractivity contribution in [3.63, 3.8) is 0 Å². The van der Waals surface area contributed by atoms with E-state index >= 15 is 0 Å². The third-order valence-corrected chi connectivity index (χ3v) is 5.84. The molecule has 0 saturated heterocycles. The van der Waals surface area contributed by atoms with E-state index in [0.717, 1.165) is 12.5 Å². The predicted molar refractivity (Wildman–Crippen MR) is 70.0 cm³/mol. The lowest BCUT2D eigenvalue weighted by Crippen LogP contribution is -2.05. The van der Waals surface area contributed by atoms with Gasteiger partial charge in [0.25, 0.3) is 0 Å². The SMILES string of the molecule is CC1(C)C(CN)C1c1csc2c1CCCC2. The molecule has 0 bridgehead atoms. The summed E-state index contributed by atoms with van der Waals surface area (Å²) in [6, 6.07) is 0. The van der Waals surface area contributed by atoms with Gasteiger partial charge >= 0.3 is 0 Å². The maximum Gasteiger partial charge on any atom is 0.00801 e. The Hall–Kier alpha value is -0.340. The van der Waals surface area contributed by atoms with Gasteiger partial charge in [-0.2, -0.15) is 0 Å². The molecule has 0 spiro atoms. The first-order valence-electron chi connectivity index (χ1n) is 6.45. The molecule has 1 aromatic heterocycles. The molecular weight excluding hydrogens is 214 g/mol. The fourth-order valence-electron chi connectivity index (χ4n) is 3.58. The van der Waals surface area contributed by atoms with Crippen molar-refractivity contribution >= 4 is 11.3 Å². The number of fused-ring (bicyclic) bond motifs is 1. The van der Waals surface area contributed by atoms with Crippen molar-refractivity contribution in [2.75, 3.05) is 6.54 Å². The molecule has 88 valence electrons. The summed E-state index contributed by atoms with van der Waals surface area (Å²) in [6.07, 6.45) is 5.41. The van der Waals surface area contributed by atoms with Crippen molar-refractivity contribution in [1.82, 2.24) is 0 Å². The Bertz CT molecular complexity index is 405. The highest BCUT2D eigenvalue weighted by Crippen LogP contribution is 2.65. The van der Waals surface area contributed by atoms with Gasteiger partial charge in [-0.05, 0) is 66.0 Å². The Balaban J connectivity index is 1.94. The first-order valence-corrected chi connectivity index (χ1v) is 7.33. The predicted octanol–water partition coefficient (Wildman–Crippen LogP) is 3.33. The standard InChI is InChI=1S/C14H21NS/c1-14(2)11(7-15)13(14)10-8-16-12-6-4-3-5-9(10)12/h8,11,13H,3-7,15H2,1-2H3. The molecule has 1 heterocycles. The van der Waals surface area contributed by atoms with Gasteiger partial charge in [0.05, 0.1) is 0 Å². The second-order valence-electron chi connectivity index (χ2n) is 5.94. The Labute approximate surface area is 102 Å². The molecule has 2 aliphatic carbocycles. The fourth-order valence-corrected chi connectivity index (χ4v) is 4.76. The van der Waals surface area contributed by atoms with Crippen molar-refractivity contribution in [2.24, 2.45) is 17.1 Å². The van der Waals surface area contributed by atoms with Gasteiger partial charge in [0.2, 0.25) is 0 Å². The van der Waals surface area contributed by atoms with Gasteiger partial charge in [0, 0.05) is 4.88 Å². The first-order chi connectivity index (χ1) is 7.66. The van der Waals surface area contributed by atoms with Crippen LogP contribution in [-0.2, 0) is 12.8 Å². The lowest BCUT2D eigenvalue weighted by atomic mass is 9.92. The molecule has 2 atom stereocenters. The number of aryl methyl sites for hydroxylation is 1. The Kier molecular flexibility index (Phi) is 2.41. The minimum absolute atomic E-state index is 0.445. The highest BCUT2D eigenvalue weighted by atomic mass is 32.1. The van der Waals surface area contributed by atoms with E-state index in [2.05, 4.69) is 19.2 Å². The van der Waals surface area contributed by atoms with Crippen LogP contribution in [0.1, 0.15) is 48.6 Å². The van der Waals surface area contributed by atoms with Gasteiger partial charge in [-0.15, -0.1) is 11.3 Å². The molecule has 1 aromatic rings. The normalized spacial score (nSPS) is 31.2. The minimum Gasteiger partial charge on any atom is -0.330 e. The van der Waals surface area contributed by atoms with E-state index in [1.165, 1.54) is 25.7 Å². The van der Waals surface area contributed by atoms with Gasteiger partial charge in [-0.3, -0.25) is 0 Å². The second-order valence-corrected chi connectivity index (χ2v) is 6.91. The van der Waals surface area contributed by atoms with Gasteiger partial charge in [-0.1, -0.05) is 13.8 Å². The molecule has 0 radical (unpaired) electrons. The number of nitrogens with two attached hydrogens (primary N) is 1. The number of hydrogen-bond donors (Lipinski definition) is 1. The summed E-state index contributed by atoms with van der Waals surface area (Å²) in [4.78, 5) is 1.67. The third kappa shape index (κ3) is 1.39. The van der Waals surface area contributed by atoms with Crippen LogP contribution in [-0.4, -0.2) is 6.54 Å². The van der Waals surface area contributed by atoms with Crippen LogP contribution in [0.2, 0.25) is 0 Å². The molecule has 1 nitrogen and oxygen atoms in total. The van der Waals surface area contributed by atoms with E-state index in [1.54, 1.807) is 16.0 Å². The molecule has 2 N–H and O–H groups in total. The van der Waals surface area contributed by atoms with Crippen molar-refractivity contribution in [3.8, 4) is 0 Å². The van der Waals surface area contributed by atoms with Crippen LogP contribution < -0.4 is 5.73 Å². The Morgan fingerprint density at radius 1 is 1.38 bits per heavy atom. The van der Waals surface area contributed by atoms with Crippen LogP contribution in [0.5, 0.6) is 0 Å². The van der Waals surface area contributed by atoms with Gasteiger partial charge in [0.15, 0.2) is 0 Å². The van der Waals surface area contributed by atoms with Gasteiger partial charge in [0.1, 0.15) is 0 Å². The molecular formula is C14H21NS. The van der Waals surface area contributed by atoms with Crippen LogP contribution in [0.4, 0.5) is 0 Å². The van der Waals surface area contributed by atoms with Crippen LogP contribution in [0.15, 0.2) is 5.38 Å². The highest BCUT2D eigenvalue weighted by Gasteiger charge is 2.58. The van der Waals surface area contributed by atoms with E-state index in [9.17, 15) is 0 Å². The molecule has 1 saturated carbocycles. The zero-order valence-electron chi connectivity index (χ0n) is 10.3. The van der Waals surface area contributed by atoms with Crippen molar-refractivity contribution in [3.05, 3.63) is 21.4 Å². The monoisotopic (exact) mass is 235 g/mol. The van der Waals surface area contributed by atoms with Crippen molar-refractivity contribution < 1.29 is 0 Å². The topological polar surface area (TPSA) is 26.0 Å². The summed E-state index contributed by atoms with van der Waals surface area (Å²) in [5.74, 6) is 1.46. The van der Waals surface area contributed by atoms with Crippen LogP contribution >= 0.6 is 11.3 Å². The second kappa shape index (κ2) is 3.58. The lowest BCUT2D eigenvalue weighted by Gasteiger charge is -2.13. The van der Waals surface area contributed by atoms with Crippen molar-refractivity contribution in [1.29, 1.82) is 0 Å². The molecule has 2 unspecified atom stereocenters. The van der Waals surface area contributed by atoms with E-state index in [0.29, 0.717) is 11.3 Å². The Morgan fingerprint density at radius 3 is 2.81 bits per heavy atom. The van der Waals surface area contributed by atoms with E-state index < -0.39 is 0 Å². The van der Waals surface area contributed by atoms with Crippen LogP contribution in [0.3, 0.4) is 0 Å². The summed E-state index contributed by atoms with van der Waals surface area (Å²) in [5.41, 5.74) is 9.68. The first kappa shape index (κ1) is 10.8. The maximum absolute atomic E-state index is 5.89. The molecule has 3 rings (SSSR count). The lowest BCUT2D eigenvalue weighted by molar-refractivity contribution is 0.558. The van der Waals surface area contributed by atoms with Crippen LogP contribution in [0, 0.1) is 11.3 Å². The molecule has 16 heavy (non-hydrogen) atoms. The number of thiophene rings is 1. The minimum atomic E-state index is 0.445. The molecule has 0 amide bonds. The average Bonchev–Trinajstić information content (AvgIpc) is 2.66. The Morgan fingerprint density at radius 2 is 2.12 bits per heavy atom. The summed E-state index contributed by atoms with van der Waals surface area (Å²) in [7, 11) is 0. The molecule has 2 aliphatic rings. The molecule has 1 fully saturated rings. The largest absolute Gasteiger partial charge is 0.330 e. The summed E-state index contributed by atoms with van der Waals surface area (Å²) >= 11 is 1.99. The van der Waals surface area contributed by atoms with E-state index in [-0.39, 0.29) is 0 Å².